The molecule has 156 valence electrons. The van der Waals surface area contributed by atoms with Crippen LogP contribution >= 0.6 is 15.9 Å². The normalized spacial score (nSPS) is 18.3. The number of carbonyl (C=O) groups is 1. The number of hydrogen-bond donors (Lipinski definition) is 0. The van der Waals surface area contributed by atoms with Crippen LogP contribution in [0.25, 0.3) is 11.3 Å². The summed E-state index contributed by atoms with van der Waals surface area (Å²) in [7, 11) is 1.54. The summed E-state index contributed by atoms with van der Waals surface area (Å²) in [5, 5.41) is 4.83. The Hall–Kier alpha value is -2.16. The maximum absolute atomic E-state index is 12.2. The van der Waals surface area contributed by atoms with Gasteiger partial charge in [0, 0.05) is 36.5 Å². The molecule has 2 aromatic rings. The molecule has 1 aliphatic heterocycles. The molecule has 9 heteroatoms. The number of rotatable bonds is 3. The first-order chi connectivity index (χ1) is 13.6. The smallest absolute Gasteiger partial charge is 0.410 e. The molecule has 0 bridgehead atoms. The molecule has 2 aliphatic rings. The molecule has 0 N–H and O–H groups in total. The topological polar surface area (TPSA) is 82.4 Å². The second kappa shape index (κ2) is 6.97. The second-order valence-corrected chi connectivity index (χ2v) is 9.84. The van der Waals surface area contributed by atoms with Gasteiger partial charge in [0.2, 0.25) is 0 Å². The fraction of sp³-hybridized carbons (Fsp3) is 0.600. The highest BCUT2D eigenvalue weighted by molar-refractivity contribution is 9.10. The molecular weight excluding hydrogens is 438 g/mol. The van der Waals surface area contributed by atoms with Crippen molar-refractivity contribution >= 4 is 22.0 Å². The van der Waals surface area contributed by atoms with E-state index in [-0.39, 0.29) is 11.5 Å². The minimum atomic E-state index is -0.456. The molecule has 1 aliphatic carbocycles. The summed E-state index contributed by atoms with van der Waals surface area (Å²) >= 11 is 3.67. The molecule has 1 spiro atoms. The van der Waals surface area contributed by atoms with Crippen LogP contribution in [0.15, 0.2) is 16.9 Å². The largest absolute Gasteiger partial charge is 0.467 e. The summed E-state index contributed by atoms with van der Waals surface area (Å²) in [6, 6.07) is 0.668. The fourth-order valence-corrected chi connectivity index (χ4v) is 4.66. The highest BCUT2D eigenvalue weighted by Crippen LogP contribution is 2.55. The molecule has 4 rings (SSSR count). The Bertz CT molecular complexity index is 921. The van der Waals surface area contributed by atoms with Crippen molar-refractivity contribution in [3.63, 3.8) is 0 Å². The van der Waals surface area contributed by atoms with Crippen LogP contribution in [0.5, 0.6) is 6.01 Å². The Labute approximate surface area is 178 Å². The van der Waals surface area contributed by atoms with E-state index in [2.05, 4.69) is 37.5 Å². The van der Waals surface area contributed by atoms with Gasteiger partial charge < -0.3 is 14.4 Å². The average molecular weight is 464 g/mol. The Morgan fingerprint density at radius 1 is 1.24 bits per heavy atom. The predicted molar refractivity (Wildman–Crippen MR) is 111 cm³/mol. The van der Waals surface area contributed by atoms with E-state index in [1.807, 2.05) is 20.8 Å². The summed E-state index contributed by atoms with van der Waals surface area (Å²) in [5.74, 6) is 0. The van der Waals surface area contributed by atoms with E-state index in [1.165, 1.54) is 0 Å². The molecule has 2 fully saturated rings. The van der Waals surface area contributed by atoms with Crippen molar-refractivity contribution in [1.82, 2.24) is 24.6 Å². The molecule has 1 saturated carbocycles. The van der Waals surface area contributed by atoms with Gasteiger partial charge in [-0.05, 0) is 56.5 Å². The summed E-state index contributed by atoms with van der Waals surface area (Å²) in [6.45, 7) is 9.26. The highest BCUT2D eigenvalue weighted by Gasteiger charge is 2.55. The summed E-state index contributed by atoms with van der Waals surface area (Å²) in [6.07, 6.45) is 5.25. The van der Waals surface area contributed by atoms with E-state index in [9.17, 15) is 4.79 Å². The molecule has 8 nitrogen and oxygen atoms in total. The summed E-state index contributed by atoms with van der Waals surface area (Å²) in [5.41, 5.74) is 2.50. The Kier molecular flexibility index (Phi) is 4.83. The quantitative estimate of drug-likeness (QED) is 0.683. The van der Waals surface area contributed by atoms with E-state index in [4.69, 9.17) is 14.6 Å². The standard InChI is InChI=1S/C20H26BrN5O3/c1-12-15(21)16(13-8-22-17(28-5)23-9-13)24-26(12)14-6-20(7-14)10-25(11-20)18(27)29-19(2,3)4/h8-9,14H,6-7,10-11H2,1-5H3. The molecule has 0 unspecified atom stereocenters. The van der Waals surface area contributed by atoms with Crippen molar-refractivity contribution in [3.05, 3.63) is 22.6 Å². The van der Waals surface area contributed by atoms with Gasteiger partial charge in [0.1, 0.15) is 11.3 Å². The van der Waals surface area contributed by atoms with Gasteiger partial charge in [0.05, 0.1) is 23.3 Å². The van der Waals surface area contributed by atoms with Crippen molar-refractivity contribution in [2.45, 2.75) is 52.2 Å². The van der Waals surface area contributed by atoms with Gasteiger partial charge in [-0.1, -0.05) is 0 Å². The maximum Gasteiger partial charge on any atom is 0.410 e. The number of amides is 1. The number of likely N-dealkylation sites (tertiary alicyclic amines) is 1. The SMILES string of the molecule is COc1ncc(-c2nn(C3CC4(C3)CN(C(=O)OC(C)(C)C)C4)c(C)c2Br)cn1. The first-order valence-electron chi connectivity index (χ1n) is 9.70. The first-order valence-corrected chi connectivity index (χ1v) is 10.5. The third-order valence-corrected chi connectivity index (χ3v) is 6.50. The highest BCUT2D eigenvalue weighted by atomic mass is 79.9. The minimum absolute atomic E-state index is 0.204. The average Bonchev–Trinajstić information content (AvgIpc) is 2.87. The van der Waals surface area contributed by atoms with Crippen LogP contribution in [0.2, 0.25) is 0 Å². The lowest BCUT2D eigenvalue weighted by molar-refractivity contribution is -0.0930. The van der Waals surface area contributed by atoms with Crippen LogP contribution in [-0.2, 0) is 4.74 Å². The van der Waals surface area contributed by atoms with Crippen LogP contribution in [0.4, 0.5) is 4.79 Å². The van der Waals surface area contributed by atoms with Crippen molar-refractivity contribution in [1.29, 1.82) is 0 Å². The van der Waals surface area contributed by atoms with Gasteiger partial charge in [-0.25, -0.2) is 14.8 Å². The van der Waals surface area contributed by atoms with Crippen LogP contribution < -0.4 is 4.74 Å². The molecule has 3 heterocycles. The Morgan fingerprint density at radius 3 is 2.41 bits per heavy atom. The molecule has 1 amide bonds. The van der Waals surface area contributed by atoms with Gasteiger partial charge in [0.15, 0.2) is 0 Å². The number of halogens is 1. The van der Waals surface area contributed by atoms with E-state index in [1.54, 1.807) is 24.4 Å². The number of ether oxygens (including phenoxy) is 2. The van der Waals surface area contributed by atoms with Gasteiger partial charge in [0.25, 0.3) is 0 Å². The minimum Gasteiger partial charge on any atom is -0.467 e. The van der Waals surface area contributed by atoms with Crippen molar-refractivity contribution in [2.24, 2.45) is 5.41 Å². The number of carbonyl (C=O) groups excluding carboxylic acids is 1. The molecule has 0 radical (unpaired) electrons. The summed E-state index contributed by atoms with van der Waals surface area (Å²) < 4.78 is 13.5. The number of methoxy groups -OCH3 is 1. The van der Waals surface area contributed by atoms with Gasteiger partial charge in [-0.2, -0.15) is 5.10 Å². The van der Waals surface area contributed by atoms with Gasteiger partial charge >= 0.3 is 12.1 Å². The lowest BCUT2D eigenvalue weighted by atomic mass is 9.61. The molecule has 1 saturated heterocycles. The van der Waals surface area contributed by atoms with Crippen LogP contribution in [-0.4, -0.2) is 56.5 Å². The number of aromatic nitrogens is 4. The third-order valence-electron chi connectivity index (χ3n) is 5.55. The van der Waals surface area contributed by atoms with Gasteiger partial charge in [-0.3, -0.25) is 4.68 Å². The van der Waals surface area contributed by atoms with E-state index in [0.29, 0.717) is 12.1 Å². The number of nitrogens with zero attached hydrogens (tertiary/aromatic N) is 5. The predicted octanol–water partition coefficient (Wildman–Crippen LogP) is 3.99. The van der Waals surface area contributed by atoms with E-state index < -0.39 is 5.60 Å². The Morgan fingerprint density at radius 2 is 1.86 bits per heavy atom. The third kappa shape index (κ3) is 3.72. The molecule has 29 heavy (non-hydrogen) atoms. The lowest BCUT2D eigenvalue weighted by Gasteiger charge is -2.58. The zero-order valence-electron chi connectivity index (χ0n) is 17.4. The lowest BCUT2D eigenvalue weighted by Crippen LogP contribution is -2.64. The van der Waals surface area contributed by atoms with Gasteiger partial charge in [-0.15, -0.1) is 0 Å². The fourth-order valence-electron chi connectivity index (χ4n) is 4.17. The van der Waals surface area contributed by atoms with Crippen molar-refractivity contribution in [3.8, 4) is 17.3 Å². The van der Waals surface area contributed by atoms with Crippen LogP contribution in [0, 0.1) is 12.3 Å². The monoisotopic (exact) mass is 463 g/mol. The number of hydrogen-bond acceptors (Lipinski definition) is 6. The van der Waals surface area contributed by atoms with E-state index >= 15 is 0 Å². The van der Waals surface area contributed by atoms with Crippen LogP contribution in [0.1, 0.15) is 45.3 Å². The van der Waals surface area contributed by atoms with Crippen LogP contribution in [0.3, 0.4) is 0 Å². The summed E-state index contributed by atoms with van der Waals surface area (Å²) in [4.78, 5) is 22.3. The first kappa shape index (κ1) is 20.1. The zero-order valence-corrected chi connectivity index (χ0v) is 19.0. The van der Waals surface area contributed by atoms with Crippen molar-refractivity contribution in [2.75, 3.05) is 20.2 Å². The van der Waals surface area contributed by atoms with Crippen molar-refractivity contribution < 1.29 is 14.3 Å². The Balaban J connectivity index is 1.41. The molecule has 0 atom stereocenters. The second-order valence-electron chi connectivity index (χ2n) is 9.05. The molecular formula is C20H26BrN5O3. The maximum atomic E-state index is 12.2. The zero-order chi connectivity index (χ0) is 21.0. The molecule has 2 aromatic heterocycles. The molecule has 0 aromatic carbocycles. The van der Waals surface area contributed by atoms with E-state index in [0.717, 1.165) is 47.4 Å².